The molecule has 4 aromatic rings. The van der Waals surface area contributed by atoms with Gasteiger partial charge in [0.05, 0.1) is 23.6 Å². The summed E-state index contributed by atoms with van der Waals surface area (Å²) in [6, 6.07) is 6.14. The van der Waals surface area contributed by atoms with Crippen molar-refractivity contribution < 1.29 is 4.39 Å². The molecule has 0 bridgehead atoms. The van der Waals surface area contributed by atoms with Crippen molar-refractivity contribution in [2.24, 2.45) is 7.05 Å². The fraction of sp³-hybridized carbons (Fsp3) is 0.286. The second-order valence-corrected chi connectivity index (χ2v) is 7.51. The topological polar surface area (TPSA) is 71.4 Å². The third kappa shape index (κ3) is 3.07. The van der Waals surface area contributed by atoms with E-state index in [0.717, 1.165) is 33.3 Å². The Morgan fingerprint density at radius 3 is 2.82 bits per heavy atom. The van der Waals surface area contributed by atoms with Crippen LogP contribution in [0, 0.1) is 12.7 Å². The molecule has 3 heterocycles. The zero-order chi connectivity index (χ0) is 19.3. The molecular weight excluding hydrogens is 355 g/mol. The van der Waals surface area contributed by atoms with E-state index in [-0.39, 0.29) is 5.82 Å². The van der Waals surface area contributed by atoms with E-state index in [2.05, 4.69) is 25.6 Å². The van der Waals surface area contributed by atoms with Crippen molar-refractivity contribution in [3.05, 3.63) is 53.7 Å². The molecular formula is C21H21FN6. The van der Waals surface area contributed by atoms with E-state index in [1.807, 2.05) is 32.3 Å². The number of pyridine rings is 1. The van der Waals surface area contributed by atoms with E-state index in [1.54, 1.807) is 23.1 Å². The van der Waals surface area contributed by atoms with Crippen molar-refractivity contribution in [1.29, 1.82) is 0 Å². The number of hydrogen-bond acceptors (Lipinski definition) is 4. The second-order valence-electron chi connectivity index (χ2n) is 7.51. The van der Waals surface area contributed by atoms with E-state index in [1.165, 1.54) is 12.8 Å². The van der Waals surface area contributed by atoms with Gasteiger partial charge in [0.1, 0.15) is 11.5 Å². The normalized spacial score (nSPS) is 14.1. The van der Waals surface area contributed by atoms with Gasteiger partial charge in [-0.05, 0) is 43.0 Å². The number of aromatic nitrogens is 5. The highest BCUT2D eigenvalue weighted by Crippen LogP contribution is 2.32. The van der Waals surface area contributed by atoms with Gasteiger partial charge in [-0.3, -0.25) is 14.8 Å². The molecule has 142 valence electrons. The SMILES string of the molecule is Cc1cc(CNC2CC2)cc(F)c1-c1cc2c(-c3cnn(C)c3)n[nH]c2cn1. The Morgan fingerprint density at radius 1 is 1.25 bits per heavy atom. The smallest absolute Gasteiger partial charge is 0.133 e. The highest BCUT2D eigenvalue weighted by Gasteiger charge is 2.21. The molecule has 3 aromatic heterocycles. The van der Waals surface area contributed by atoms with Crippen LogP contribution in [0.3, 0.4) is 0 Å². The number of nitrogens with one attached hydrogen (secondary N) is 2. The highest BCUT2D eigenvalue weighted by molar-refractivity contribution is 5.94. The number of benzene rings is 1. The van der Waals surface area contributed by atoms with Gasteiger partial charge in [-0.25, -0.2) is 4.39 Å². The maximum Gasteiger partial charge on any atom is 0.133 e. The van der Waals surface area contributed by atoms with E-state index >= 15 is 0 Å². The number of hydrogen-bond donors (Lipinski definition) is 2. The van der Waals surface area contributed by atoms with Gasteiger partial charge < -0.3 is 5.32 Å². The molecule has 6 nitrogen and oxygen atoms in total. The molecule has 0 spiro atoms. The highest BCUT2D eigenvalue weighted by atomic mass is 19.1. The number of halogens is 1. The molecule has 0 saturated heterocycles. The summed E-state index contributed by atoms with van der Waals surface area (Å²) in [5, 5.41) is 15.9. The summed E-state index contributed by atoms with van der Waals surface area (Å²) in [5.74, 6) is -0.245. The molecule has 1 aliphatic rings. The second kappa shape index (κ2) is 6.53. The summed E-state index contributed by atoms with van der Waals surface area (Å²) >= 11 is 0. The van der Waals surface area contributed by atoms with Gasteiger partial charge in [0.2, 0.25) is 0 Å². The summed E-state index contributed by atoms with van der Waals surface area (Å²) in [6.07, 6.45) is 7.81. The van der Waals surface area contributed by atoms with Crippen LogP contribution < -0.4 is 5.32 Å². The average Bonchev–Trinajstić information content (AvgIpc) is 3.25. The molecule has 1 aromatic carbocycles. The zero-order valence-electron chi connectivity index (χ0n) is 15.8. The molecule has 7 heteroatoms. The van der Waals surface area contributed by atoms with Crippen LogP contribution in [0.25, 0.3) is 33.4 Å². The van der Waals surface area contributed by atoms with Gasteiger partial charge >= 0.3 is 0 Å². The number of rotatable bonds is 5. The van der Waals surface area contributed by atoms with Crippen molar-refractivity contribution in [3.8, 4) is 22.5 Å². The number of H-pyrrole nitrogens is 1. The molecule has 28 heavy (non-hydrogen) atoms. The Hall–Kier alpha value is -3.06. The maximum absolute atomic E-state index is 15.0. The van der Waals surface area contributed by atoms with Crippen LogP contribution >= 0.6 is 0 Å². The van der Waals surface area contributed by atoms with Gasteiger partial charge in [-0.1, -0.05) is 6.07 Å². The predicted molar refractivity (Wildman–Crippen MR) is 106 cm³/mol. The molecule has 1 aliphatic carbocycles. The summed E-state index contributed by atoms with van der Waals surface area (Å²) in [5.41, 5.74) is 5.49. The Labute approximate surface area is 161 Å². The van der Waals surface area contributed by atoms with Gasteiger partial charge in [0.25, 0.3) is 0 Å². The van der Waals surface area contributed by atoms with Gasteiger partial charge in [0, 0.05) is 42.3 Å². The van der Waals surface area contributed by atoms with Gasteiger partial charge in [0.15, 0.2) is 0 Å². The Bertz CT molecular complexity index is 1150. The van der Waals surface area contributed by atoms with Crippen LogP contribution in [0.1, 0.15) is 24.0 Å². The fourth-order valence-corrected chi connectivity index (χ4v) is 3.61. The van der Waals surface area contributed by atoms with Crippen molar-refractivity contribution in [2.75, 3.05) is 0 Å². The minimum absolute atomic E-state index is 0.245. The summed E-state index contributed by atoms with van der Waals surface area (Å²) < 4.78 is 16.7. The van der Waals surface area contributed by atoms with Crippen molar-refractivity contribution >= 4 is 10.9 Å². The Balaban J connectivity index is 1.55. The molecule has 0 aliphatic heterocycles. The lowest BCUT2D eigenvalue weighted by Gasteiger charge is -2.11. The monoisotopic (exact) mass is 376 g/mol. The van der Waals surface area contributed by atoms with Crippen LogP contribution in [0.4, 0.5) is 4.39 Å². The van der Waals surface area contributed by atoms with E-state index in [4.69, 9.17) is 0 Å². The van der Waals surface area contributed by atoms with E-state index in [0.29, 0.717) is 23.8 Å². The summed E-state index contributed by atoms with van der Waals surface area (Å²) in [6.45, 7) is 2.63. The lowest BCUT2D eigenvalue weighted by atomic mass is 10.00. The molecule has 0 radical (unpaired) electrons. The summed E-state index contributed by atoms with van der Waals surface area (Å²) in [4.78, 5) is 4.48. The first-order valence-corrected chi connectivity index (χ1v) is 9.44. The lowest BCUT2D eigenvalue weighted by molar-refractivity contribution is 0.621. The lowest BCUT2D eigenvalue weighted by Crippen LogP contribution is -2.15. The van der Waals surface area contributed by atoms with Crippen molar-refractivity contribution in [3.63, 3.8) is 0 Å². The van der Waals surface area contributed by atoms with Crippen LogP contribution in [-0.4, -0.2) is 31.0 Å². The number of fused-ring (bicyclic) bond motifs is 1. The molecule has 0 amide bonds. The minimum atomic E-state index is -0.245. The quantitative estimate of drug-likeness (QED) is 0.557. The number of nitrogens with zero attached hydrogens (tertiary/aromatic N) is 4. The third-order valence-electron chi connectivity index (χ3n) is 5.20. The first-order valence-electron chi connectivity index (χ1n) is 9.44. The first kappa shape index (κ1) is 17.1. The Kier molecular flexibility index (Phi) is 3.98. The maximum atomic E-state index is 15.0. The predicted octanol–water partition coefficient (Wildman–Crippen LogP) is 3.72. The standard InChI is InChI=1S/C21H21FN6/c1-12-5-13(8-23-15-3-4-15)6-17(22)20(12)18-7-16-19(10-24-18)26-27-21(16)14-9-25-28(2)11-14/h5-7,9-11,15,23H,3-4,8H2,1-2H3,(H,26,27). The largest absolute Gasteiger partial charge is 0.310 e. The van der Waals surface area contributed by atoms with E-state index in [9.17, 15) is 4.39 Å². The van der Waals surface area contributed by atoms with Crippen LogP contribution in [-0.2, 0) is 13.6 Å². The van der Waals surface area contributed by atoms with Crippen LogP contribution in [0.15, 0.2) is 36.8 Å². The fourth-order valence-electron chi connectivity index (χ4n) is 3.61. The zero-order valence-corrected chi connectivity index (χ0v) is 15.8. The van der Waals surface area contributed by atoms with Crippen LogP contribution in [0.2, 0.25) is 0 Å². The number of aromatic amines is 1. The molecule has 1 saturated carbocycles. The van der Waals surface area contributed by atoms with Crippen molar-refractivity contribution in [1.82, 2.24) is 30.3 Å². The minimum Gasteiger partial charge on any atom is -0.310 e. The van der Waals surface area contributed by atoms with Gasteiger partial charge in [-0.15, -0.1) is 0 Å². The molecule has 1 fully saturated rings. The average molecular weight is 376 g/mol. The first-order chi connectivity index (χ1) is 13.6. The third-order valence-corrected chi connectivity index (χ3v) is 5.20. The van der Waals surface area contributed by atoms with Gasteiger partial charge in [-0.2, -0.15) is 10.2 Å². The van der Waals surface area contributed by atoms with E-state index < -0.39 is 0 Å². The molecule has 0 unspecified atom stereocenters. The molecule has 5 rings (SSSR count). The summed E-state index contributed by atoms with van der Waals surface area (Å²) in [7, 11) is 1.86. The van der Waals surface area contributed by atoms with Crippen molar-refractivity contribution in [2.45, 2.75) is 32.4 Å². The molecule has 2 N–H and O–H groups in total. The number of aryl methyl sites for hydroxylation is 2. The Morgan fingerprint density at radius 2 is 2.11 bits per heavy atom. The van der Waals surface area contributed by atoms with Crippen LogP contribution in [0.5, 0.6) is 0 Å². The molecule has 0 atom stereocenters.